The van der Waals surface area contributed by atoms with E-state index in [2.05, 4.69) is 97.4 Å². The van der Waals surface area contributed by atoms with Crippen molar-refractivity contribution in [2.75, 3.05) is 41.2 Å². The number of hydrogen-bond acceptors (Lipinski definition) is 26. The van der Waals surface area contributed by atoms with E-state index < -0.39 is 34.7 Å². The fourth-order valence-electron chi connectivity index (χ4n) is 14.0. The number of carboxylic acids is 2. The lowest BCUT2D eigenvalue weighted by Crippen LogP contribution is -2.32. The van der Waals surface area contributed by atoms with Gasteiger partial charge in [0, 0.05) is 60.9 Å². The molecular formula is C105H144O21S7. The van der Waals surface area contributed by atoms with Gasteiger partial charge in [-0.15, -0.1) is 79.4 Å². The van der Waals surface area contributed by atoms with Gasteiger partial charge in [-0.1, -0.05) is 193 Å². The number of carbonyl (C=O) groups is 7. The number of esters is 4. The van der Waals surface area contributed by atoms with Crippen LogP contribution in [0.4, 0.5) is 0 Å². The zero-order chi connectivity index (χ0) is 101. The van der Waals surface area contributed by atoms with E-state index in [1.807, 2.05) is 193 Å². The Morgan fingerprint density at radius 1 is 0.406 bits per heavy atom. The Morgan fingerprint density at radius 3 is 1.09 bits per heavy atom. The van der Waals surface area contributed by atoms with Crippen LogP contribution in [0.3, 0.4) is 0 Å². The fourth-order valence-corrected chi connectivity index (χ4v) is 21.5. The zero-order valence-corrected chi connectivity index (χ0v) is 88.6. The summed E-state index contributed by atoms with van der Waals surface area (Å²) >= 11 is 9.99. The smallest absolute Gasteiger partial charge is 0.348 e. The van der Waals surface area contributed by atoms with Crippen LogP contribution in [0.5, 0.6) is 17.2 Å². The van der Waals surface area contributed by atoms with E-state index in [1.54, 1.807) is 48.6 Å². The third kappa shape index (κ3) is 33.9. The normalized spacial score (nSPS) is 11.6. The number of benzene rings is 3. The molecule has 0 saturated heterocycles. The number of thiophene rings is 7. The largest absolute Gasteiger partial charge is 0.508 e. The molecule has 133 heavy (non-hydrogen) atoms. The topological polar surface area (TPSA) is 330 Å². The highest BCUT2D eigenvalue weighted by atomic mass is 32.1. The maximum atomic E-state index is 12.2. The van der Waals surface area contributed by atoms with Crippen LogP contribution in [0, 0.1) is 41.5 Å². The first kappa shape index (κ1) is 120. The van der Waals surface area contributed by atoms with Gasteiger partial charge in [0.25, 0.3) is 0 Å². The summed E-state index contributed by atoms with van der Waals surface area (Å²) in [6, 6.07) is 44.1. The molecule has 7 heterocycles. The van der Waals surface area contributed by atoms with Gasteiger partial charge in [0.15, 0.2) is 5.78 Å². The van der Waals surface area contributed by atoms with Crippen molar-refractivity contribution in [3.63, 3.8) is 0 Å². The number of rotatable bonds is 33. The van der Waals surface area contributed by atoms with Gasteiger partial charge < -0.3 is 59.1 Å². The van der Waals surface area contributed by atoms with Gasteiger partial charge in [0.05, 0.1) is 45.2 Å². The molecule has 1 unspecified atom stereocenters. The summed E-state index contributed by atoms with van der Waals surface area (Å²) in [4.78, 5) is 103. The number of ether oxygens (including phenoxy) is 6. The molecule has 10 aromatic rings. The van der Waals surface area contributed by atoms with Crippen molar-refractivity contribution >= 4 is 127 Å². The average Bonchev–Trinajstić information content (AvgIpc) is 1.73. The molecule has 0 aliphatic rings. The SMILES string of the molecule is CC=C(CC)c1ccc(C(=O)OC)s1.CCC.CCC(CC)(c1ccc(O)c(C)c1)c1ccc(C(=O)OC)s1.CCC(CC)(c1ccc(OCC(=O)C(C)(C)C)c(C)c1)c1ccc(C(=O)OC)s1.CCC(CC)(c1ccc(OCC(O)C(C)(C)C)c(C)c1)c1ccc(C(=O)O)s1.CCC(O)(CC)c1ccc(C(=O)O)s1.CCC(O)(CC)c1cccs1.CCOC(=O)c1cccs1.O=O. The Labute approximate surface area is 817 Å². The number of phenolic OH excluding ortho intramolecular Hbond substituents is 1. The van der Waals surface area contributed by atoms with Crippen LogP contribution in [0.15, 0.2) is 156 Å². The molecule has 0 fully saturated rings. The van der Waals surface area contributed by atoms with Crippen LogP contribution in [-0.2, 0) is 51.2 Å². The molecule has 28 heteroatoms. The van der Waals surface area contributed by atoms with Crippen LogP contribution < -0.4 is 9.47 Å². The summed E-state index contributed by atoms with van der Waals surface area (Å²) in [7, 11) is 4.21. The fraction of sp³-hybridized carbons (Fsp3) is 0.476. The number of carbonyl (C=O) groups excluding carboxylic acids is 5. The van der Waals surface area contributed by atoms with E-state index in [0.29, 0.717) is 49.6 Å². The molecule has 3 aromatic carbocycles. The number of aliphatic hydroxyl groups is 3. The van der Waals surface area contributed by atoms with Crippen LogP contribution in [0.2, 0.25) is 0 Å². The molecule has 21 nitrogen and oxygen atoms in total. The lowest BCUT2D eigenvalue weighted by Gasteiger charge is -2.32. The van der Waals surface area contributed by atoms with Crippen LogP contribution in [0.25, 0.3) is 5.57 Å². The van der Waals surface area contributed by atoms with E-state index in [9.17, 15) is 59.1 Å². The number of aromatic hydroxyl groups is 1. The molecule has 0 amide bonds. The van der Waals surface area contributed by atoms with Gasteiger partial charge in [-0.2, -0.15) is 0 Å². The quantitative estimate of drug-likeness (QED) is 0.0164. The molecular weight excluding hydrogens is 1820 g/mol. The lowest BCUT2D eigenvalue weighted by molar-refractivity contribution is -0.128. The molecule has 732 valence electrons. The Balaban J connectivity index is 0.000000537. The molecule has 0 aliphatic heterocycles. The number of aryl methyl sites for hydroxylation is 3. The molecule has 10 rings (SSSR count). The van der Waals surface area contributed by atoms with Crippen molar-refractivity contribution < 1.29 is 92.6 Å². The van der Waals surface area contributed by atoms with E-state index in [1.165, 1.54) is 101 Å². The number of Topliss-reactive ketones (excluding diaryl/α,β-unsaturated/α-hetero) is 1. The highest BCUT2D eigenvalue weighted by Crippen LogP contribution is 2.47. The predicted molar refractivity (Wildman–Crippen MR) is 550 cm³/mol. The number of allylic oxidation sites excluding steroid dienone is 2. The predicted octanol–water partition coefficient (Wildman–Crippen LogP) is 28.2. The van der Waals surface area contributed by atoms with Crippen LogP contribution >= 0.6 is 79.4 Å². The lowest BCUT2D eigenvalue weighted by atomic mass is 9.74. The summed E-state index contributed by atoms with van der Waals surface area (Å²) in [5.74, 6) is -1.00. The van der Waals surface area contributed by atoms with E-state index in [0.717, 1.165) is 132 Å². The van der Waals surface area contributed by atoms with Crippen LogP contribution in [0.1, 0.15) is 343 Å². The average molecular weight is 1970 g/mol. The van der Waals surface area contributed by atoms with Crippen molar-refractivity contribution in [2.45, 2.75) is 277 Å². The van der Waals surface area contributed by atoms with Gasteiger partial charge in [0.2, 0.25) is 0 Å². The van der Waals surface area contributed by atoms with Crippen molar-refractivity contribution in [3.05, 3.63) is 258 Å². The molecule has 0 bridgehead atoms. The zero-order valence-electron chi connectivity index (χ0n) is 82.9. The first-order valence-electron chi connectivity index (χ1n) is 45.1. The highest BCUT2D eigenvalue weighted by Gasteiger charge is 2.38. The van der Waals surface area contributed by atoms with Gasteiger partial charge in [-0.05, 0) is 251 Å². The number of carboxylic acid groups (broad SMARTS) is 2. The number of aliphatic hydroxyl groups excluding tert-OH is 1. The van der Waals surface area contributed by atoms with E-state index in [4.69, 9.17) is 38.7 Å². The van der Waals surface area contributed by atoms with Crippen molar-refractivity contribution in [2.24, 2.45) is 10.8 Å². The molecule has 0 spiro atoms. The second kappa shape index (κ2) is 58.2. The van der Waals surface area contributed by atoms with Crippen molar-refractivity contribution in [1.82, 2.24) is 0 Å². The number of phenols is 1. The standard InChI is InChI=1S/C24H32O4S.C23H32O4S.C18H22O3S.C11H14O2S.C10H14O3S.C9H14OS.C7H8O2S.C3H8.O2/c1-8-24(9-2,21-13-12-19(29-21)22(26)27-7)17-10-11-18(16(3)14-17)28-15-20(25)23(4,5)6;1-7-23(8-2,20-12-11-18(28-20)21(25)26)16-9-10-17(15(3)13-16)27-14-19(24)22(4,5)6;1-5-18(6-2,13-7-8-14(19)12(3)11-13)16-10-9-15(22-16)17(20)21-4;1-4-8(5-2)9-6-7-10(14-9)11(12)13-3;1-3-10(13,4-2)8-6-5-7(14-8)9(11)12;1-3-9(10,4-2)8-6-5-7-11-8;1-2-9-7(8)6-4-3-5-10-6;1-3-2;1-2/h10-14H,8-9,15H2,1-7H3;9-13,19,24H,7-8,14H2,1-6H3,(H,25,26);7-11,19H,5-6H2,1-4H3;4,6-7H,5H2,1-3H3;5-6,13H,3-4H2,1-2H3,(H,11,12);5-7,10H,3-4H2,1-2H3;3-5H,2H2,1H3;3H2,1-2H3;. The molecule has 6 N–H and O–H groups in total. The van der Waals surface area contributed by atoms with Crippen molar-refractivity contribution in [3.8, 4) is 17.2 Å². The number of methoxy groups -OCH3 is 3. The summed E-state index contributed by atoms with van der Waals surface area (Å²) < 4.78 is 30.8. The summed E-state index contributed by atoms with van der Waals surface area (Å²) in [6.45, 7) is 49.3. The summed E-state index contributed by atoms with van der Waals surface area (Å²) in [5, 5.41) is 62.0. The summed E-state index contributed by atoms with van der Waals surface area (Å²) in [5.41, 5.74) is 5.06. The van der Waals surface area contributed by atoms with Crippen LogP contribution in [-0.4, -0.2) is 119 Å². The second-order valence-corrected chi connectivity index (χ2v) is 40.7. The second-order valence-electron chi connectivity index (χ2n) is 33.4. The molecule has 0 aliphatic carbocycles. The minimum atomic E-state index is -0.934. The maximum Gasteiger partial charge on any atom is 0.348 e. The van der Waals surface area contributed by atoms with Gasteiger partial charge >= 0.3 is 35.8 Å². The number of aromatic carboxylic acids is 2. The van der Waals surface area contributed by atoms with Crippen molar-refractivity contribution in [1.29, 1.82) is 0 Å². The van der Waals surface area contributed by atoms with Gasteiger partial charge in [0.1, 0.15) is 59.7 Å². The monoisotopic (exact) mass is 1960 g/mol. The minimum absolute atomic E-state index is 0.0732. The first-order valence-corrected chi connectivity index (χ1v) is 50.9. The van der Waals surface area contributed by atoms with Gasteiger partial charge in [-0.3, -0.25) is 4.79 Å². The molecule has 0 radical (unpaired) electrons. The minimum Gasteiger partial charge on any atom is -0.508 e. The number of hydrogen-bond donors (Lipinski definition) is 6. The van der Waals surface area contributed by atoms with Gasteiger partial charge in [-0.25, -0.2) is 28.8 Å². The Morgan fingerprint density at radius 2 is 0.759 bits per heavy atom. The first-order chi connectivity index (χ1) is 62.8. The van der Waals surface area contributed by atoms with E-state index in [-0.39, 0.29) is 69.4 Å². The maximum absolute atomic E-state index is 12.2. The third-order valence-corrected chi connectivity index (χ3v) is 31.4. The molecule has 0 saturated carbocycles. The Hall–Kier alpha value is -9.33. The molecule has 7 aromatic heterocycles. The number of ketones is 1. The third-order valence-electron chi connectivity index (χ3n) is 23.3. The highest BCUT2D eigenvalue weighted by molar-refractivity contribution is 7.16. The van der Waals surface area contributed by atoms with E-state index >= 15 is 0 Å². The Kier molecular flexibility index (Phi) is 52.4. The Bertz CT molecular complexity index is 5170. The summed E-state index contributed by atoms with van der Waals surface area (Å²) in [6.07, 6.45) is 12.0. The molecule has 1 atom stereocenters.